The van der Waals surface area contributed by atoms with E-state index in [0.717, 1.165) is 16.9 Å². The number of hydrogen-bond donors (Lipinski definition) is 2. The van der Waals surface area contributed by atoms with Gasteiger partial charge in [0.25, 0.3) is 0 Å². The predicted octanol–water partition coefficient (Wildman–Crippen LogP) is 7.10. The second-order valence-corrected chi connectivity index (χ2v) is 15.3. The van der Waals surface area contributed by atoms with Crippen LogP contribution in [0.4, 0.5) is 26.0 Å². The molecular formula is C35H35ClFN9O3S. The van der Waals surface area contributed by atoms with Crippen LogP contribution < -0.4 is 15.5 Å². The monoisotopic (exact) mass is 715 g/mol. The van der Waals surface area contributed by atoms with E-state index in [1.54, 1.807) is 33.0 Å². The number of carbonyl (C=O) groups is 1. The Hall–Kier alpha value is -4.68. The zero-order valence-corrected chi connectivity index (χ0v) is 30.0. The van der Waals surface area contributed by atoms with E-state index in [2.05, 4.69) is 43.6 Å². The molecule has 0 aliphatic carbocycles. The molecule has 0 radical (unpaired) electrons. The highest BCUT2D eigenvalue weighted by atomic mass is 35.5. The summed E-state index contributed by atoms with van der Waals surface area (Å²) in [5.74, 6) is 0.437. The molecule has 2 aliphatic heterocycles. The first kappa shape index (κ1) is 33.8. The highest BCUT2D eigenvalue weighted by Crippen LogP contribution is 2.50. The summed E-state index contributed by atoms with van der Waals surface area (Å²) in [5, 5.41) is 26.2. The number of likely N-dealkylation sites (N-methyl/N-ethyl adjacent to an activating group) is 1. The van der Waals surface area contributed by atoms with Crippen LogP contribution >= 0.6 is 22.9 Å². The maximum atomic E-state index is 16.3. The molecule has 5 heterocycles. The maximum absolute atomic E-state index is 16.3. The lowest BCUT2D eigenvalue weighted by Crippen LogP contribution is -2.67. The van der Waals surface area contributed by atoms with Crippen LogP contribution in [0.1, 0.15) is 50.1 Å². The summed E-state index contributed by atoms with van der Waals surface area (Å²) in [5.41, 5.74) is 2.39. The van der Waals surface area contributed by atoms with Gasteiger partial charge in [0.1, 0.15) is 28.3 Å². The molecule has 0 unspecified atom stereocenters. The first-order valence-corrected chi connectivity index (χ1v) is 17.2. The number of hydrogen-bond acceptors (Lipinski definition) is 12. The number of fused-ring (bicyclic) bond motifs is 4. The van der Waals surface area contributed by atoms with E-state index < -0.39 is 17.5 Å². The Morgan fingerprint density at radius 3 is 2.62 bits per heavy atom. The minimum atomic E-state index is -0.756. The van der Waals surface area contributed by atoms with Gasteiger partial charge < -0.3 is 24.6 Å². The normalized spacial score (nSPS) is 15.2. The van der Waals surface area contributed by atoms with Crippen molar-refractivity contribution in [3.63, 3.8) is 0 Å². The number of amides is 1. The number of nitrogens with one attached hydrogen (secondary N) is 2. The van der Waals surface area contributed by atoms with Gasteiger partial charge in [-0.25, -0.2) is 14.2 Å². The van der Waals surface area contributed by atoms with Crippen molar-refractivity contribution < 1.29 is 18.7 Å². The number of nitrogens with zero attached hydrogens (tertiary/aromatic N) is 7. The minimum absolute atomic E-state index is 0.0667. The van der Waals surface area contributed by atoms with E-state index in [9.17, 15) is 10.1 Å². The average molecular weight is 716 g/mol. The fraction of sp³-hybridized carbons (Fsp3) is 0.371. The van der Waals surface area contributed by atoms with Crippen molar-refractivity contribution in [1.82, 2.24) is 25.1 Å². The number of nitriles is 1. The number of benzene rings is 2. The molecule has 0 saturated carbocycles. The van der Waals surface area contributed by atoms with Gasteiger partial charge in [-0.2, -0.15) is 20.4 Å². The first-order valence-electron chi connectivity index (χ1n) is 16.0. The second kappa shape index (κ2) is 12.6. The summed E-state index contributed by atoms with van der Waals surface area (Å²) in [6.45, 7) is 9.51. The Balaban J connectivity index is 1.43. The van der Waals surface area contributed by atoms with Crippen molar-refractivity contribution >= 4 is 66.8 Å². The molecule has 3 aromatic heterocycles. The van der Waals surface area contributed by atoms with Crippen molar-refractivity contribution in [3.8, 4) is 17.2 Å². The van der Waals surface area contributed by atoms with Gasteiger partial charge in [0.2, 0.25) is 5.95 Å². The highest BCUT2D eigenvalue weighted by molar-refractivity contribution is 7.23. The van der Waals surface area contributed by atoms with E-state index in [4.69, 9.17) is 31.0 Å². The molecule has 0 bridgehead atoms. The molecular weight excluding hydrogens is 681 g/mol. The van der Waals surface area contributed by atoms with Crippen LogP contribution in [0, 0.1) is 17.1 Å². The second-order valence-electron chi connectivity index (χ2n) is 13.9. The molecule has 7 rings (SSSR count). The average Bonchev–Trinajstić information content (AvgIpc) is 3.67. The van der Waals surface area contributed by atoms with Crippen LogP contribution in [-0.2, 0) is 29.2 Å². The molecule has 15 heteroatoms. The van der Waals surface area contributed by atoms with Gasteiger partial charge in [-0.3, -0.25) is 5.32 Å². The molecule has 2 aliphatic rings. The smallest absolute Gasteiger partial charge is 0.412 e. The van der Waals surface area contributed by atoms with Crippen molar-refractivity contribution in [2.24, 2.45) is 0 Å². The van der Waals surface area contributed by atoms with Gasteiger partial charge in [0, 0.05) is 40.5 Å². The third kappa shape index (κ3) is 5.94. The van der Waals surface area contributed by atoms with Gasteiger partial charge >= 0.3 is 6.09 Å². The van der Waals surface area contributed by atoms with Crippen molar-refractivity contribution in [1.29, 1.82) is 5.26 Å². The molecule has 50 heavy (non-hydrogen) atoms. The molecule has 2 aromatic carbocycles. The van der Waals surface area contributed by atoms with Gasteiger partial charge in [-0.15, -0.1) is 11.3 Å². The molecule has 2 N–H and O–H groups in total. The van der Waals surface area contributed by atoms with Gasteiger partial charge in [-0.05, 0) is 77.2 Å². The molecule has 0 atom stereocenters. The third-order valence-corrected chi connectivity index (χ3v) is 10.5. The quantitative estimate of drug-likeness (QED) is 0.178. The van der Waals surface area contributed by atoms with Crippen LogP contribution in [0.2, 0.25) is 5.02 Å². The van der Waals surface area contributed by atoms with Crippen LogP contribution in [-0.4, -0.2) is 69.5 Å². The summed E-state index contributed by atoms with van der Waals surface area (Å²) < 4.78 is 28.3. The summed E-state index contributed by atoms with van der Waals surface area (Å²) in [7, 11) is 4.09. The summed E-state index contributed by atoms with van der Waals surface area (Å²) in [6, 6.07) is 8.80. The molecule has 1 saturated heterocycles. The zero-order valence-electron chi connectivity index (χ0n) is 28.4. The number of thiophene rings is 1. The predicted molar refractivity (Wildman–Crippen MR) is 192 cm³/mol. The van der Waals surface area contributed by atoms with Crippen LogP contribution in [0.3, 0.4) is 0 Å². The van der Waals surface area contributed by atoms with Crippen LogP contribution in [0.15, 0.2) is 30.5 Å². The molecule has 258 valence electrons. The molecule has 0 spiro atoms. The highest BCUT2D eigenvalue weighted by Gasteiger charge is 2.42. The largest absolute Gasteiger partial charge is 0.444 e. The third-order valence-electron chi connectivity index (χ3n) is 9.06. The van der Waals surface area contributed by atoms with E-state index in [-0.39, 0.29) is 39.9 Å². The van der Waals surface area contributed by atoms with E-state index in [1.807, 2.05) is 26.2 Å². The Morgan fingerprint density at radius 2 is 1.94 bits per heavy atom. The van der Waals surface area contributed by atoms with E-state index in [0.29, 0.717) is 69.2 Å². The molecule has 5 aromatic rings. The molecule has 1 amide bonds. The Kier molecular flexibility index (Phi) is 8.50. The number of ether oxygens (including phenoxy) is 2. The van der Waals surface area contributed by atoms with E-state index >= 15 is 4.39 Å². The minimum Gasteiger partial charge on any atom is -0.444 e. The van der Waals surface area contributed by atoms with Crippen molar-refractivity contribution in [2.75, 3.05) is 42.7 Å². The lowest BCUT2D eigenvalue weighted by atomic mass is 9.90. The maximum Gasteiger partial charge on any atom is 0.412 e. The van der Waals surface area contributed by atoms with Crippen molar-refractivity contribution in [3.05, 3.63) is 63.7 Å². The Labute approximate surface area is 297 Å². The fourth-order valence-electron chi connectivity index (χ4n) is 6.35. The van der Waals surface area contributed by atoms with Gasteiger partial charge in [-0.1, -0.05) is 11.6 Å². The summed E-state index contributed by atoms with van der Waals surface area (Å²) in [4.78, 5) is 27.0. The lowest BCUT2D eigenvalue weighted by molar-refractivity contribution is 0.0636. The topological polar surface area (TPSA) is 141 Å². The first-order chi connectivity index (χ1) is 23.8. The number of anilines is 3. The number of aromatic nitrogens is 4. The van der Waals surface area contributed by atoms with Crippen LogP contribution in [0.5, 0.6) is 0 Å². The number of carbonyl (C=O) groups excluding carboxylic acids is 1. The lowest BCUT2D eigenvalue weighted by Gasteiger charge is -2.51. The zero-order chi connectivity index (χ0) is 35.5. The van der Waals surface area contributed by atoms with Crippen molar-refractivity contribution in [2.45, 2.75) is 58.6 Å². The fourth-order valence-corrected chi connectivity index (χ4v) is 7.75. The Bertz CT molecular complexity index is 2210. The Morgan fingerprint density at radius 1 is 1.18 bits per heavy atom. The van der Waals surface area contributed by atoms with E-state index in [1.165, 1.54) is 6.07 Å². The summed E-state index contributed by atoms with van der Waals surface area (Å²) >= 11 is 8.52. The summed E-state index contributed by atoms with van der Waals surface area (Å²) in [6.07, 6.45) is 0.892. The SMILES string of the molecule is CN(C)C1(C)CN(c2nc(NCc3cccnn3)c3c4c(c(-c5c(F)ccc6sc(NC(=O)OC(C)(C)C)c(C#N)c56)c(Cl)c3n2)COC4)C1. The van der Waals surface area contributed by atoms with Crippen LogP contribution in [0.25, 0.3) is 32.1 Å². The number of rotatable bonds is 7. The van der Waals surface area contributed by atoms with Gasteiger partial charge in [0.05, 0.1) is 52.5 Å². The number of halogens is 2. The molecule has 12 nitrogen and oxygen atoms in total. The van der Waals surface area contributed by atoms with Gasteiger partial charge in [0.15, 0.2) is 0 Å². The molecule has 1 fully saturated rings. The standard InChI is InChI=1S/C35H35ClFN9O3S/c1-34(2,3)49-33(47)43-31-19(12-38)24-23(50-31)10-9-22(37)27(24)25-20-14-48-15-21(20)26-29(28(25)36)41-32(46-16-35(4,17-46)45(5)6)42-30(26)39-13-18-8-7-11-40-44-18/h7-11H,13-17H2,1-6H3,(H,43,47)(H,39,41,42).